The van der Waals surface area contributed by atoms with E-state index in [-0.39, 0.29) is 5.75 Å². The van der Waals surface area contributed by atoms with Crippen molar-refractivity contribution in [3.63, 3.8) is 0 Å². The third-order valence-corrected chi connectivity index (χ3v) is 4.63. The number of guanidine groups is 1. The standard InChI is InChI=1S/C19H33N3O4S/c1-5-20-19(21-12-8-14-27(4,23)24)22-13-11-16-9-10-17(25-6-2)18(15-16)26-7-3/h9-10,15H,5-8,11-14H2,1-4H3,(H2,20,21,22). The van der Waals surface area contributed by atoms with E-state index in [0.29, 0.717) is 38.7 Å². The second-order valence-corrected chi connectivity index (χ2v) is 8.33. The quantitative estimate of drug-likeness (QED) is 0.318. The number of hydrogen-bond donors (Lipinski definition) is 2. The lowest BCUT2D eigenvalue weighted by Crippen LogP contribution is -2.38. The summed E-state index contributed by atoms with van der Waals surface area (Å²) >= 11 is 0. The minimum atomic E-state index is -2.94. The molecule has 0 unspecified atom stereocenters. The van der Waals surface area contributed by atoms with Crippen LogP contribution in [-0.2, 0) is 16.3 Å². The smallest absolute Gasteiger partial charge is 0.191 e. The van der Waals surface area contributed by atoms with Gasteiger partial charge in [-0.05, 0) is 51.3 Å². The summed E-state index contributed by atoms with van der Waals surface area (Å²) in [5.74, 6) is 2.37. The molecule has 0 aliphatic heterocycles. The summed E-state index contributed by atoms with van der Waals surface area (Å²) < 4.78 is 33.6. The first kappa shape index (κ1) is 23.1. The van der Waals surface area contributed by atoms with Gasteiger partial charge in [0, 0.05) is 25.9 Å². The molecular weight excluding hydrogens is 366 g/mol. The largest absolute Gasteiger partial charge is 0.490 e. The highest BCUT2D eigenvalue weighted by molar-refractivity contribution is 7.90. The molecular formula is C19H33N3O4S. The molecule has 27 heavy (non-hydrogen) atoms. The van der Waals surface area contributed by atoms with Crippen LogP contribution in [-0.4, -0.2) is 59.2 Å². The molecule has 2 N–H and O–H groups in total. The Morgan fingerprint density at radius 2 is 1.78 bits per heavy atom. The Labute approximate surface area is 163 Å². The SMILES string of the molecule is CCNC(=NCCCS(C)(=O)=O)NCCc1ccc(OCC)c(OCC)c1. The van der Waals surface area contributed by atoms with E-state index in [9.17, 15) is 8.42 Å². The van der Waals surface area contributed by atoms with E-state index in [0.717, 1.165) is 30.0 Å². The van der Waals surface area contributed by atoms with E-state index >= 15 is 0 Å². The molecule has 0 aromatic heterocycles. The van der Waals surface area contributed by atoms with Gasteiger partial charge < -0.3 is 20.1 Å². The van der Waals surface area contributed by atoms with E-state index in [4.69, 9.17) is 9.47 Å². The third kappa shape index (κ3) is 10.1. The fourth-order valence-corrected chi connectivity index (χ4v) is 3.09. The Hall–Kier alpha value is -1.96. The predicted molar refractivity (Wildman–Crippen MR) is 111 cm³/mol. The van der Waals surface area contributed by atoms with Gasteiger partial charge in [-0.2, -0.15) is 0 Å². The molecule has 0 bridgehead atoms. The molecule has 0 spiro atoms. The van der Waals surface area contributed by atoms with Crippen LogP contribution < -0.4 is 20.1 Å². The van der Waals surface area contributed by atoms with Crippen molar-refractivity contribution in [2.45, 2.75) is 33.6 Å². The van der Waals surface area contributed by atoms with Crippen LogP contribution in [0.2, 0.25) is 0 Å². The first-order valence-corrected chi connectivity index (χ1v) is 11.5. The van der Waals surface area contributed by atoms with Crippen molar-refractivity contribution in [2.75, 3.05) is 44.9 Å². The Morgan fingerprint density at radius 3 is 2.41 bits per heavy atom. The minimum absolute atomic E-state index is 0.155. The predicted octanol–water partition coefficient (Wildman–Crippen LogP) is 2.02. The number of sulfone groups is 1. The maximum Gasteiger partial charge on any atom is 0.191 e. The van der Waals surface area contributed by atoms with E-state index in [1.54, 1.807) is 0 Å². The molecule has 1 aromatic rings. The van der Waals surface area contributed by atoms with Crippen LogP contribution in [0.4, 0.5) is 0 Å². The average molecular weight is 400 g/mol. The minimum Gasteiger partial charge on any atom is -0.490 e. The fraction of sp³-hybridized carbons (Fsp3) is 0.632. The number of nitrogens with zero attached hydrogens (tertiary/aromatic N) is 1. The molecule has 7 nitrogen and oxygen atoms in total. The van der Waals surface area contributed by atoms with Gasteiger partial charge in [0.25, 0.3) is 0 Å². The summed E-state index contributed by atoms with van der Waals surface area (Å²) in [6, 6.07) is 5.98. The van der Waals surface area contributed by atoms with Gasteiger partial charge in [-0.1, -0.05) is 6.07 Å². The third-order valence-electron chi connectivity index (χ3n) is 3.60. The van der Waals surface area contributed by atoms with Crippen molar-refractivity contribution in [2.24, 2.45) is 4.99 Å². The highest BCUT2D eigenvalue weighted by atomic mass is 32.2. The van der Waals surface area contributed by atoms with Crippen LogP contribution in [0.25, 0.3) is 0 Å². The molecule has 8 heteroatoms. The monoisotopic (exact) mass is 399 g/mol. The molecule has 0 saturated heterocycles. The number of hydrogen-bond acceptors (Lipinski definition) is 5. The summed E-state index contributed by atoms with van der Waals surface area (Å²) in [5.41, 5.74) is 1.14. The number of rotatable bonds is 12. The van der Waals surface area contributed by atoms with E-state index < -0.39 is 9.84 Å². The van der Waals surface area contributed by atoms with Crippen molar-refractivity contribution >= 4 is 15.8 Å². The Balaban J connectivity index is 2.57. The molecule has 154 valence electrons. The van der Waals surface area contributed by atoms with Crippen molar-refractivity contribution in [1.82, 2.24) is 10.6 Å². The van der Waals surface area contributed by atoms with Crippen molar-refractivity contribution < 1.29 is 17.9 Å². The number of nitrogens with one attached hydrogen (secondary N) is 2. The summed E-state index contributed by atoms with van der Waals surface area (Å²) in [4.78, 5) is 4.42. The van der Waals surface area contributed by atoms with Gasteiger partial charge in [0.2, 0.25) is 0 Å². The lowest BCUT2D eigenvalue weighted by molar-refractivity contribution is 0.287. The molecule has 1 aromatic carbocycles. The summed E-state index contributed by atoms with van der Waals surface area (Å²) in [6.07, 6.45) is 2.57. The zero-order chi connectivity index (χ0) is 20.1. The van der Waals surface area contributed by atoms with Gasteiger partial charge in [-0.25, -0.2) is 8.42 Å². The number of aliphatic imine (C=N–C) groups is 1. The Bertz CT molecular complexity index is 690. The molecule has 0 amide bonds. The lowest BCUT2D eigenvalue weighted by atomic mass is 10.1. The van der Waals surface area contributed by atoms with Crippen LogP contribution in [0.1, 0.15) is 32.8 Å². The molecule has 0 aliphatic carbocycles. The van der Waals surface area contributed by atoms with Crippen molar-refractivity contribution in [3.05, 3.63) is 23.8 Å². The number of benzene rings is 1. The van der Waals surface area contributed by atoms with Crippen molar-refractivity contribution in [1.29, 1.82) is 0 Å². The molecule has 0 atom stereocenters. The summed E-state index contributed by atoms with van der Waals surface area (Å²) in [7, 11) is -2.94. The van der Waals surface area contributed by atoms with Gasteiger partial charge in [0.15, 0.2) is 17.5 Å². The van der Waals surface area contributed by atoms with E-state index in [1.165, 1.54) is 6.26 Å². The van der Waals surface area contributed by atoms with Gasteiger partial charge in [-0.3, -0.25) is 4.99 Å². The number of ether oxygens (including phenoxy) is 2. The van der Waals surface area contributed by atoms with E-state index in [2.05, 4.69) is 15.6 Å². The highest BCUT2D eigenvalue weighted by Gasteiger charge is 2.07. The topological polar surface area (TPSA) is 89.0 Å². The zero-order valence-electron chi connectivity index (χ0n) is 16.9. The van der Waals surface area contributed by atoms with Crippen molar-refractivity contribution in [3.8, 4) is 11.5 Å². The Morgan fingerprint density at radius 1 is 1.07 bits per heavy atom. The van der Waals surface area contributed by atoms with Crippen LogP contribution in [0.15, 0.2) is 23.2 Å². The second-order valence-electron chi connectivity index (χ2n) is 6.07. The van der Waals surface area contributed by atoms with E-state index in [1.807, 2.05) is 39.0 Å². The maximum absolute atomic E-state index is 11.2. The molecule has 0 saturated carbocycles. The summed E-state index contributed by atoms with van der Waals surface area (Å²) in [5, 5.41) is 6.44. The summed E-state index contributed by atoms with van der Waals surface area (Å²) in [6.45, 7) is 9.01. The first-order valence-electron chi connectivity index (χ1n) is 9.48. The zero-order valence-corrected chi connectivity index (χ0v) is 17.7. The van der Waals surface area contributed by atoms with Crippen LogP contribution in [0.5, 0.6) is 11.5 Å². The van der Waals surface area contributed by atoms with Crippen LogP contribution in [0, 0.1) is 0 Å². The molecule has 0 aliphatic rings. The molecule has 1 rings (SSSR count). The molecule has 0 heterocycles. The maximum atomic E-state index is 11.2. The fourth-order valence-electron chi connectivity index (χ4n) is 2.44. The Kier molecular flexibility index (Phi) is 10.6. The first-order chi connectivity index (χ1) is 12.9. The van der Waals surface area contributed by atoms with Crippen LogP contribution in [0.3, 0.4) is 0 Å². The van der Waals surface area contributed by atoms with Gasteiger partial charge in [0.05, 0.1) is 19.0 Å². The lowest BCUT2D eigenvalue weighted by Gasteiger charge is -2.14. The normalized spacial score (nSPS) is 11.9. The van der Waals surface area contributed by atoms with Crippen LogP contribution >= 0.6 is 0 Å². The molecule has 0 fully saturated rings. The second kappa shape index (κ2) is 12.4. The van der Waals surface area contributed by atoms with Gasteiger partial charge in [-0.15, -0.1) is 0 Å². The van der Waals surface area contributed by atoms with Gasteiger partial charge >= 0.3 is 0 Å². The average Bonchev–Trinajstić information content (AvgIpc) is 2.60. The highest BCUT2D eigenvalue weighted by Crippen LogP contribution is 2.28. The van der Waals surface area contributed by atoms with Gasteiger partial charge in [0.1, 0.15) is 9.84 Å². The molecule has 0 radical (unpaired) electrons.